The van der Waals surface area contributed by atoms with E-state index in [1.807, 2.05) is 17.6 Å². The maximum Gasteiger partial charge on any atom is 0.240 e. The predicted octanol–water partition coefficient (Wildman–Crippen LogP) is 1.96. The van der Waals surface area contributed by atoms with Crippen molar-refractivity contribution in [3.63, 3.8) is 0 Å². The van der Waals surface area contributed by atoms with Crippen LogP contribution in [-0.2, 0) is 6.42 Å². The molecule has 0 bridgehead atoms. The monoisotopic (exact) mass is 289 g/mol. The van der Waals surface area contributed by atoms with Crippen LogP contribution in [0.15, 0.2) is 12.1 Å². The van der Waals surface area contributed by atoms with Crippen LogP contribution in [0.1, 0.15) is 35.9 Å². The van der Waals surface area contributed by atoms with Crippen LogP contribution in [0, 0.1) is 6.92 Å². The van der Waals surface area contributed by atoms with E-state index in [0.717, 1.165) is 36.2 Å². The average Bonchev–Trinajstić information content (AvgIpc) is 2.84. The Labute approximate surface area is 123 Å². The summed E-state index contributed by atoms with van der Waals surface area (Å²) in [4.78, 5) is 8.81. The number of aliphatic hydroxyl groups is 1. The van der Waals surface area contributed by atoms with E-state index in [1.54, 1.807) is 20.3 Å². The summed E-state index contributed by atoms with van der Waals surface area (Å²) in [5, 5.41) is 10.1. The summed E-state index contributed by atoms with van der Waals surface area (Å²) in [7, 11) is 3.13. The number of hydrogen-bond acceptors (Lipinski definition) is 5. The van der Waals surface area contributed by atoms with Crippen molar-refractivity contribution in [1.29, 1.82) is 0 Å². The fourth-order valence-electron chi connectivity index (χ4n) is 2.86. The van der Waals surface area contributed by atoms with Crippen LogP contribution in [0.4, 0.5) is 0 Å². The van der Waals surface area contributed by atoms with Gasteiger partial charge in [0, 0.05) is 17.0 Å². The third kappa shape index (κ3) is 2.35. The van der Waals surface area contributed by atoms with E-state index in [-0.39, 0.29) is 0 Å². The Morgan fingerprint density at radius 1 is 1.19 bits per heavy atom. The summed E-state index contributed by atoms with van der Waals surface area (Å²) in [6, 6.07) is 3.65. The zero-order chi connectivity index (χ0) is 15.0. The number of hydrogen-bond donors (Lipinski definition) is 1. The van der Waals surface area contributed by atoms with Gasteiger partial charge in [-0.25, -0.2) is 0 Å². The number of aromatic nitrogens is 3. The van der Waals surface area contributed by atoms with Crippen molar-refractivity contribution in [2.45, 2.75) is 32.3 Å². The van der Waals surface area contributed by atoms with Gasteiger partial charge in [0.25, 0.3) is 0 Å². The highest BCUT2D eigenvalue weighted by Gasteiger charge is 2.25. The molecule has 2 aromatic heterocycles. The Hall–Kier alpha value is -2.08. The van der Waals surface area contributed by atoms with Gasteiger partial charge in [-0.05, 0) is 32.3 Å². The molecule has 1 unspecified atom stereocenters. The molecule has 0 aliphatic heterocycles. The lowest BCUT2D eigenvalue weighted by molar-refractivity contribution is 0.156. The smallest absolute Gasteiger partial charge is 0.240 e. The molecule has 0 saturated heterocycles. The van der Waals surface area contributed by atoms with Crippen molar-refractivity contribution in [3.8, 4) is 17.7 Å². The number of methoxy groups -OCH3 is 2. The van der Waals surface area contributed by atoms with E-state index < -0.39 is 6.10 Å². The molecular weight excluding hydrogens is 270 g/mol. The highest BCUT2D eigenvalue weighted by molar-refractivity contribution is 5.39. The Kier molecular flexibility index (Phi) is 3.55. The molecule has 0 saturated carbocycles. The summed E-state index contributed by atoms with van der Waals surface area (Å²) in [5.74, 6) is 1.42. The fraction of sp³-hybridized carbons (Fsp3) is 0.467. The largest absolute Gasteiger partial charge is 0.481 e. The lowest BCUT2D eigenvalue weighted by atomic mass is 9.95. The molecule has 0 amide bonds. The quantitative estimate of drug-likeness (QED) is 0.935. The summed E-state index contributed by atoms with van der Waals surface area (Å²) in [5.41, 5.74) is 3.04. The van der Waals surface area contributed by atoms with E-state index in [1.165, 1.54) is 0 Å². The molecule has 6 heteroatoms. The second kappa shape index (κ2) is 5.37. The number of rotatable bonds is 3. The van der Waals surface area contributed by atoms with E-state index in [4.69, 9.17) is 9.47 Å². The van der Waals surface area contributed by atoms with E-state index in [0.29, 0.717) is 17.7 Å². The first-order chi connectivity index (χ1) is 10.1. The third-order valence-electron chi connectivity index (χ3n) is 3.86. The Bertz CT molecular complexity index is 644. The molecule has 0 aromatic carbocycles. The summed E-state index contributed by atoms with van der Waals surface area (Å²) in [6.45, 7) is 1.99. The molecule has 1 aliphatic rings. The Balaban J connectivity index is 2.17. The molecule has 112 valence electrons. The van der Waals surface area contributed by atoms with Crippen molar-refractivity contribution in [2.75, 3.05) is 14.2 Å². The Morgan fingerprint density at radius 3 is 2.48 bits per heavy atom. The molecule has 0 fully saturated rings. The van der Waals surface area contributed by atoms with Gasteiger partial charge in [0.05, 0.1) is 26.4 Å². The fourth-order valence-corrected chi connectivity index (χ4v) is 2.86. The lowest BCUT2D eigenvalue weighted by Gasteiger charge is -2.20. The van der Waals surface area contributed by atoms with Crippen molar-refractivity contribution in [2.24, 2.45) is 0 Å². The first-order valence-electron chi connectivity index (χ1n) is 7.00. The van der Waals surface area contributed by atoms with Crippen LogP contribution in [0.25, 0.3) is 5.95 Å². The normalized spacial score (nSPS) is 17.4. The molecular formula is C15H19N3O3. The minimum Gasteiger partial charge on any atom is -0.481 e. The molecule has 2 aromatic rings. The standard InChI is InChI=1S/C15H19N3O3/c1-9-7-10-11(5-4-6-12(10)19)18(9)15-16-13(20-2)8-14(17-15)21-3/h7-8,12,19H,4-6H2,1-3H3. The van der Waals surface area contributed by atoms with Crippen LogP contribution in [0.3, 0.4) is 0 Å². The molecule has 6 nitrogen and oxygen atoms in total. The number of aryl methyl sites for hydroxylation is 1. The minimum absolute atomic E-state index is 0.402. The van der Waals surface area contributed by atoms with Gasteiger partial charge in [-0.2, -0.15) is 9.97 Å². The molecule has 1 aliphatic carbocycles. The molecule has 3 rings (SSSR count). The zero-order valence-corrected chi connectivity index (χ0v) is 12.5. The second-order valence-electron chi connectivity index (χ2n) is 5.18. The maximum absolute atomic E-state index is 10.1. The van der Waals surface area contributed by atoms with E-state index in [9.17, 15) is 5.11 Å². The van der Waals surface area contributed by atoms with Crippen molar-refractivity contribution in [3.05, 3.63) is 29.1 Å². The molecule has 1 atom stereocenters. The highest BCUT2D eigenvalue weighted by Crippen LogP contribution is 2.33. The molecule has 2 heterocycles. The van der Waals surface area contributed by atoms with Crippen LogP contribution in [0.2, 0.25) is 0 Å². The lowest BCUT2D eigenvalue weighted by Crippen LogP contribution is -2.13. The minimum atomic E-state index is -0.402. The van der Waals surface area contributed by atoms with E-state index in [2.05, 4.69) is 9.97 Å². The van der Waals surface area contributed by atoms with Gasteiger partial charge < -0.3 is 14.6 Å². The number of ether oxygens (including phenoxy) is 2. The van der Waals surface area contributed by atoms with Crippen LogP contribution in [0.5, 0.6) is 11.8 Å². The van der Waals surface area contributed by atoms with Crippen LogP contribution in [-0.4, -0.2) is 33.9 Å². The van der Waals surface area contributed by atoms with Gasteiger partial charge in [-0.3, -0.25) is 4.57 Å². The molecule has 21 heavy (non-hydrogen) atoms. The number of nitrogens with zero attached hydrogens (tertiary/aromatic N) is 3. The van der Waals surface area contributed by atoms with Crippen molar-refractivity contribution < 1.29 is 14.6 Å². The van der Waals surface area contributed by atoms with Gasteiger partial charge in [0.15, 0.2) is 0 Å². The topological polar surface area (TPSA) is 69.4 Å². The van der Waals surface area contributed by atoms with Crippen LogP contribution < -0.4 is 9.47 Å². The summed E-state index contributed by atoms with van der Waals surface area (Å²) >= 11 is 0. The van der Waals surface area contributed by atoms with Crippen molar-refractivity contribution in [1.82, 2.24) is 14.5 Å². The van der Waals surface area contributed by atoms with Gasteiger partial charge >= 0.3 is 0 Å². The average molecular weight is 289 g/mol. The zero-order valence-electron chi connectivity index (χ0n) is 12.5. The number of fused-ring (bicyclic) bond motifs is 1. The molecule has 0 spiro atoms. The maximum atomic E-state index is 10.1. The Morgan fingerprint density at radius 2 is 1.86 bits per heavy atom. The summed E-state index contributed by atoms with van der Waals surface area (Å²) < 4.78 is 12.4. The number of aliphatic hydroxyl groups excluding tert-OH is 1. The van der Waals surface area contributed by atoms with Crippen molar-refractivity contribution >= 4 is 0 Å². The molecule has 1 N–H and O–H groups in total. The van der Waals surface area contributed by atoms with Crippen LogP contribution >= 0.6 is 0 Å². The molecule has 0 radical (unpaired) electrons. The SMILES string of the molecule is COc1cc(OC)nc(-n2c(C)cc3c2CCCC3O)n1. The van der Waals surface area contributed by atoms with Gasteiger partial charge in [0.2, 0.25) is 17.7 Å². The van der Waals surface area contributed by atoms with Gasteiger partial charge in [-0.15, -0.1) is 0 Å². The summed E-state index contributed by atoms with van der Waals surface area (Å²) in [6.07, 6.45) is 2.27. The van der Waals surface area contributed by atoms with E-state index >= 15 is 0 Å². The highest BCUT2D eigenvalue weighted by atomic mass is 16.5. The third-order valence-corrected chi connectivity index (χ3v) is 3.86. The second-order valence-corrected chi connectivity index (χ2v) is 5.18. The van der Waals surface area contributed by atoms with Gasteiger partial charge in [0.1, 0.15) is 0 Å². The predicted molar refractivity (Wildman–Crippen MR) is 77.1 cm³/mol. The first-order valence-corrected chi connectivity index (χ1v) is 7.00. The first kappa shape index (κ1) is 13.9. The van der Waals surface area contributed by atoms with Gasteiger partial charge in [-0.1, -0.05) is 0 Å².